The molecule has 7 heteroatoms. The van der Waals surface area contributed by atoms with E-state index in [1.165, 1.54) is 0 Å². The van der Waals surface area contributed by atoms with Crippen LogP contribution in [0.25, 0.3) is 16.9 Å². The average Bonchev–Trinajstić information content (AvgIpc) is 3.20. The SMILES string of the molecule is COc1ccc(Nc2cc(-c3c(C)nc4c(Cl)cccn34)c[nH]2)cn1. The minimum absolute atomic E-state index is 0.580. The summed E-state index contributed by atoms with van der Waals surface area (Å²) >= 11 is 6.25. The molecule has 0 amide bonds. The predicted molar refractivity (Wildman–Crippen MR) is 98.8 cm³/mol. The van der Waals surface area contributed by atoms with Crippen molar-refractivity contribution >= 4 is 28.8 Å². The minimum atomic E-state index is 0.580. The molecule has 4 rings (SSSR count). The van der Waals surface area contributed by atoms with Gasteiger partial charge in [-0.1, -0.05) is 11.6 Å². The molecule has 0 aliphatic carbocycles. The zero-order valence-corrected chi connectivity index (χ0v) is 14.5. The number of hydrogen-bond acceptors (Lipinski definition) is 4. The summed E-state index contributed by atoms with van der Waals surface area (Å²) in [6.07, 6.45) is 5.62. The zero-order chi connectivity index (χ0) is 17.4. The van der Waals surface area contributed by atoms with E-state index >= 15 is 0 Å². The molecule has 0 aromatic carbocycles. The number of hydrogen-bond donors (Lipinski definition) is 2. The molecule has 0 aliphatic rings. The Labute approximate surface area is 149 Å². The number of aromatic nitrogens is 4. The zero-order valence-electron chi connectivity index (χ0n) is 13.7. The molecule has 2 N–H and O–H groups in total. The summed E-state index contributed by atoms with van der Waals surface area (Å²) in [6, 6.07) is 9.50. The molecule has 25 heavy (non-hydrogen) atoms. The number of halogens is 1. The summed E-state index contributed by atoms with van der Waals surface area (Å²) < 4.78 is 7.07. The van der Waals surface area contributed by atoms with Gasteiger partial charge in [0, 0.05) is 24.0 Å². The topological polar surface area (TPSA) is 67.2 Å². The fraction of sp³-hybridized carbons (Fsp3) is 0.111. The fourth-order valence-electron chi connectivity index (χ4n) is 2.83. The van der Waals surface area contributed by atoms with E-state index in [0.717, 1.165) is 34.1 Å². The lowest BCUT2D eigenvalue weighted by atomic mass is 10.2. The molecular formula is C18H16ClN5O. The summed E-state index contributed by atoms with van der Waals surface area (Å²) in [5.41, 5.74) is 4.58. The van der Waals surface area contributed by atoms with E-state index in [0.29, 0.717) is 10.9 Å². The lowest BCUT2D eigenvalue weighted by molar-refractivity contribution is 0.398. The van der Waals surface area contributed by atoms with Crippen molar-refractivity contribution in [2.24, 2.45) is 0 Å². The molecule has 0 radical (unpaired) electrons. The van der Waals surface area contributed by atoms with Crippen molar-refractivity contribution in [2.75, 3.05) is 12.4 Å². The van der Waals surface area contributed by atoms with Gasteiger partial charge in [-0.25, -0.2) is 9.97 Å². The molecule has 0 bridgehead atoms. The number of fused-ring (bicyclic) bond motifs is 1. The number of ether oxygens (including phenoxy) is 1. The Morgan fingerprint density at radius 2 is 2.16 bits per heavy atom. The normalized spacial score (nSPS) is 11.0. The lowest BCUT2D eigenvalue weighted by Crippen LogP contribution is -1.92. The van der Waals surface area contributed by atoms with E-state index in [9.17, 15) is 0 Å². The first-order chi connectivity index (χ1) is 12.2. The standard InChI is InChI=1S/C18H16ClN5O/c1-11-17(24-7-3-4-14(19)18(24)22-11)12-8-15(20-9-12)23-13-5-6-16(25-2)21-10-13/h3-10,20,23H,1-2H3. The summed E-state index contributed by atoms with van der Waals surface area (Å²) in [5, 5.41) is 3.92. The van der Waals surface area contributed by atoms with Crippen LogP contribution in [-0.2, 0) is 0 Å². The Balaban J connectivity index is 1.67. The number of anilines is 2. The van der Waals surface area contributed by atoms with Crippen molar-refractivity contribution in [2.45, 2.75) is 6.92 Å². The van der Waals surface area contributed by atoms with Gasteiger partial charge in [-0.05, 0) is 31.2 Å². The third-order valence-electron chi connectivity index (χ3n) is 3.96. The Morgan fingerprint density at radius 3 is 2.92 bits per heavy atom. The summed E-state index contributed by atoms with van der Waals surface area (Å²) in [4.78, 5) is 12.0. The van der Waals surface area contributed by atoms with Crippen molar-refractivity contribution < 1.29 is 4.74 Å². The Bertz CT molecular complexity index is 1040. The molecule has 0 spiro atoms. The van der Waals surface area contributed by atoms with E-state index in [2.05, 4.69) is 20.3 Å². The number of pyridine rings is 2. The first kappa shape index (κ1) is 15.5. The van der Waals surface area contributed by atoms with Gasteiger partial charge in [0.2, 0.25) is 5.88 Å². The first-order valence-corrected chi connectivity index (χ1v) is 8.12. The number of rotatable bonds is 4. The van der Waals surface area contributed by atoms with Gasteiger partial charge in [-0.15, -0.1) is 0 Å². The molecule has 0 fully saturated rings. The van der Waals surface area contributed by atoms with Crippen LogP contribution in [0.2, 0.25) is 5.02 Å². The van der Waals surface area contributed by atoms with Crippen molar-refractivity contribution in [3.05, 3.63) is 59.6 Å². The van der Waals surface area contributed by atoms with E-state index < -0.39 is 0 Å². The molecule has 4 heterocycles. The maximum absolute atomic E-state index is 6.25. The molecule has 4 aromatic rings. The minimum Gasteiger partial charge on any atom is -0.481 e. The van der Waals surface area contributed by atoms with Crippen LogP contribution in [0.5, 0.6) is 5.88 Å². The highest BCUT2D eigenvalue weighted by atomic mass is 35.5. The second kappa shape index (κ2) is 6.14. The van der Waals surface area contributed by atoms with Gasteiger partial charge < -0.3 is 15.0 Å². The van der Waals surface area contributed by atoms with Crippen LogP contribution in [-0.4, -0.2) is 26.5 Å². The molecule has 6 nitrogen and oxygen atoms in total. The average molecular weight is 354 g/mol. The van der Waals surface area contributed by atoms with Crippen LogP contribution in [0, 0.1) is 6.92 Å². The highest BCUT2D eigenvalue weighted by Crippen LogP contribution is 2.30. The number of imidazole rings is 1. The maximum atomic E-state index is 6.25. The molecule has 0 atom stereocenters. The van der Waals surface area contributed by atoms with E-state index in [-0.39, 0.29) is 0 Å². The molecule has 0 saturated carbocycles. The van der Waals surface area contributed by atoms with Crippen LogP contribution in [0.3, 0.4) is 0 Å². The first-order valence-electron chi connectivity index (χ1n) is 7.75. The van der Waals surface area contributed by atoms with Crippen molar-refractivity contribution in [1.82, 2.24) is 19.4 Å². The predicted octanol–water partition coefficient (Wildman–Crippen LogP) is 4.44. The van der Waals surface area contributed by atoms with Gasteiger partial charge in [0.25, 0.3) is 0 Å². The lowest BCUT2D eigenvalue weighted by Gasteiger charge is -2.04. The number of H-pyrrole nitrogens is 1. The van der Waals surface area contributed by atoms with Crippen LogP contribution >= 0.6 is 11.6 Å². The van der Waals surface area contributed by atoms with E-state index in [1.807, 2.05) is 54.0 Å². The number of methoxy groups -OCH3 is 1. The van der Waals surface area contributed by atoms with Gasteiger partial charge in [0.1, 0.15) is 5.82 Å². The Hall–Kier alpha value is -2.99. The molecular weight excluding hydrogens is 338 g/mol. The summed E-state index contributed by atoms with van der Waals surface area (Å²) in [5.74, 6) is 1.44. The van der Waals surface area contributed by atoms with Gasteiger partial charge in [-0.2, -0.15) is 0 Å². The van der Waals surface area contributed by atoms with Gasteiger partial charge in [-0.3, -0.25) is 4.40 Å². The Morgan fingerprint density at radius 1 is 1.28 bits per heavy atom. The van der Waals surface area contributed by atoms with Gasteiger partial charge >= 0.3 is 0 Å². The van der Waals surface area contributed by atoms with Crippen LogP contribution in [0.1, 0.15) is 5.69 Å². The van der Waals surface area contributed by atoms with Crippen molar-refractivity contribution in [3.63, 3.8) is 0 Å². The number of nitrogens with zero attached hydrogens (tertiary/aromatic N) is 3. The number of aryl methyl sites for hydroxylation is 1. The quantitative estimate of drug-likeness (QED) is 0.569. The maximum Gasteiger partial charge on any atom is 0.213 e. The molecule has 126 valence electrons. The third-order valence-corrected chi connectivity index (χ3v) is 4.25. The fourth-order valence-corrected chi connectivity index (χ4v) is 3.04. The van der Waals surface area contributed by atoms with E-state index in [1.54, 1.807) is 13.3 Å². The van der Waals surface area contributed by atoms with Gasteiger partial charge in [0.05, 0.1) is 35.4 Å². The molecule has 0 unspecified atom stereocenters. The molecule has 0 saturated heterocycles. The Kier molecular flexibility index (Phi) is 3.82. The smallest absolute Gasteiger partial charge is 0.213 e. The van der Waals surface area contributed by atoms with Gasteiger partial charge in [0.15, 0.2) is 5.65 Å². The third kappa shape index (κ3) is 2.81. The summed E-state index contributed by atoms with van der Waals surface area (Å²) in [7, 11) is 1.59. The highest BCUT2D eigenvalue weighted by Gasteiger charge is 2.14. The molecule has 0 aliphatic heterocycles. The monoisotopic (exact) mass is 353 g/mol. The summed E-state index contributed by atoms with van der Waals surface area (Å²) in [6.45, 7) is 1.98. The van der Waals surface area contributed by atoms with E-state index in [4.69, 9.17) is 16.3 Å². The van der Waals surface area contributed by atoms with Crippen LogP contribution in [0.4, 0.5) is 11.5 Å². The van der Waals surface area contributed by atoms with Crippen molar-refractivity contribution in [1.29, 1.82) is 0 Å². The van der Waals surface area contributed by atoms with Crippen LogP contribution in [0.15, 0.2) is 48.9 Å². The second-order valence-corrected chi connectivity index (χ2v) is 6.02. The van der Waals surface area contributed by atoms with Crippen molar-refractivity contribution in [3.8, 4) is 17.1 Å². The largest absolute Gasteiger partial charge is 0.481 e. The molecule has 4 aromatic heterocycles. The van der Waals surface area contributed by atoms with Crippen LogP contribution < -0.4 is 10.1 Å². The highest BCUT2D eigenvalue weighted by molar-refractivity contribution is 6.33. The number of aromatic amines is 1. The second-order valence-electron chi connectivity index (χ2n) is 5.61. The number of nitrogens with one attached hydrogen (secondary N) is 2.